The molecule has 0 spiro atoms. The monoisotopic (exact) mass is 311 g/mol. The first-order chi connectivity index (χ1) is 10.7. The van der Waals surface area contributed by atoms with E-state index in [1.807, 2.05) is 37.3 Å². The average molecular weight is 312 g/mol. The Morgan fingerprint density at radius 2 is 1.95 bits per heavy atom. The van der Waals surface area contributed by atoms with Gasteiger partial charge in [-0.05, 0) is 12.5 Å². The standard InChI is InChI=1S/C17H14ClN3O/c1-12-17(14-10-19-7-8-20-14)15(9-16(18)21-12)22-11-13-5-3-2-4-6-13/h2-10H,11H2,1H3. The first kappa shape index (κ1) is 14.5. The van der Waals surface area contributed by atoms with Gasteiger partial charge in [-0.25, -0.2) is 4.98 Å². The van der Waals surface area contributed by atoms with Crippen molar-refractivity contribution in [1.82, 2.24) is 15.0 Å². The van der Waals surface area contributed by atoms with Gasteiger partial charge in [0.05, 0.1) is 23.1 Å². The van der Waals surface area contributed by atoms with Gasteiger partial charge in [0, 0.05) is 18.5 Å². The summed E-state index contributed by atoms with van der Waals surface area (Å²) in [4.78, 5) is 12.7. The van der Waals surface area contributed by atoms with Gasteiger partial charge in [0.15, 0.2) is 0 Å². The molecular weight excluding hydrogens is 298 g/mol. The summed E-state index contributed by atoms with van der Waals surface area (Å²) >= 11 is 6.06. The van der Waals surface area contributed by atoms with Crippen LogP contribution in [-0.2, 0) is 6.61 Å². The SMILES string of the molecule is Cc1nc(Cl)cc(OCc2ccccc2)c1-c1cnccn1. The minimum atomic E-state index is 0.396. The fourth-order valence-electron chi connectivity index (χ4n) is 2.20. The first-order valence-corrected chi connectivity index (χ1v) is 7.22. The summed E-state index contributed by atoms with van der Waals surface area (Å²) in [6.07, 6.45) is 4.96. The number of aryl methyl sites for hydroxylation is 1. The van der Waals surface area contributed by atoms with Crippen LogP contribution in [0, 0.1) is 6.92 Å². The molecule has 0 saturated heterocycles. The molecule has 0 radical (unpaired) electrons. The minimum absolute atomic E-state index is 0.396. The van der Waals surface area contributed by atoms with Crippen molar-refractivity contribution in [1.29, 1.82) is 0 Å². The van der Waals surface area contributed by atoms with Gasteiger partial charge in [0.2, 0.25) is 0 Å². The van der Waals surface area contributed by atoms with Crippen LogP contribution in [-0.4, -0.2) is 15.0 Å². The van der Waals surface area contributed by atoms with Crippen molar-refractivity contribution in [2.24, 2.45) is 0 Å². The molecule has 22 heavy (non-hydrogen) atoms. The normalized spacial score (nSPS) is 10.5. The van der Waals surface area contributed by atoms with Crippen molar-refractivity contribution >= 4 is 11.6 Å². The number of nitrogens with zero attached hydrogens (tertiary/aromatic N) is 3. The molecule has 0 aliphatic heterocycles. The van der Waals surface area contributed by atoms with Gasteiger partial charge in [-0.1, -0.05) is 41.9 Å². The highest BCUT2D eigenvalue weighted by molar-refractivity contribution is 6.29. The third kappa shape index (κ3) is 3.23. The van der Waals surface area contributed by atoms with Gasteiger partial charge in [-0.2, -0.15) is 0 Å². The maximum absolute atomic E-state index is 6.06. The van der Waals surface area contributed by atoms with Crippen molar-refractivity contribution in [3.8, 4) is 17.0 Å². The Balaban J connectivity index is 1.96. The second-order valence-electron chi connectivity index (χ2n) is 4.77. The lowest BCUT2D eigenvalue weighted by Crippen LogP contribution is -2.00. The second-order valence-corrected chi connectivity index (χ2v) is 5.16. The fraction of sp³-hybridized carbons (Fsp3) is 0.118. The van der Waals surface area contributed by atoms with E-state index in [2.05, 4.69) is 15.0 Å². The van der Waals surface area contributed by atoms with Crippen LogP contribution in [0.3, 0.4) is 0 Å². The van der Waals surface area contributed by atoms with E-state index in [-0.39, 0.29) is 0 Å². The zero-order valence-electron chi connectivity index (χ0n) is 12.0. The van der Waals surface area contributed by atoms with E-state index in [9.17, 15) is 0 Å². The van der Waals surface area contributed by atoms with Gasteiger partial charge >= 0.3 is 0 Å². The van der Waals surface area contributed by atoms with E-state index in [0.717, 1.165) is 16.8 Å². The largest absolute Gasteiger partial charge is 0.488 e. The summed E-state index contributed by atoms with van der Waals surface area (Å²) in [5.41, 5.74) is 3.37. The topological polar surface area (TPSA) is 47.9 Å². The Bertz CT molecular complexity index is 764. The number of ether oxygens (including phenoxy) is 1. The Labute approximate surface area is 133 Å². The van der Waals surface area contributed by atoms with Crippen molar-refractivity contribution in [2.45, 2.75) is 13.5 Å². The summed E-state index contributed by atoms with van der Waals surface area (Å²) in [7, 11) is 0. The lowest BCUT2D eigenvalue weighted by Gasteiger charge is -2.13. The van der Waals surface area contributed by atoms with Crippen molar-refractivity contribution < 1.29 is 4.74 Å². The second kappa shape index (κ2) is 6.54. The highest BCUT2D eigenvalue weighted by atomic mass is 35.5. The molecule has 2 aromatic heterocycles. The summed E-state index contributed by atoms with van der Waals surface area (Å²) < 4.78 is 5.95. The predicted octanol–water partition coefficient (Wildman–Crippen LogP) is 4.08. The Kier molecular flexibility index (Phi) is 4.30. The van der Waals surface area contributed by atoms with E-state index in [4.69, 9.17) is 16.3 Å². The fourth-order valence-corrected chi connectivity index (χ4v) is 2.42. The third-order valence-corrected chi connectivity index (χ3v) is 3.38. The Morgan fingerprint density at radius 3 is 2.68 bits per heavy atom. The van der Waals surface area contributed by atoms with Crippen LogP contribution in [0.1, 0.15) is 11.3 Å². The predicted molar refractivity (Wildman–Crippen MR) is 85.8 cm³/mol. The average Bonchev–Trinajstić information content (AvgIpc) is 2.54. The molecule has 3 aromatic rings. The highest BCUT2D eigenvalue weighted by Crippen LogP contribution is 2.33. The molecule has 110 valence electrons. The van der Waals surface area contributed by atoms with E-state index in [1.54, 1.807) is 24.7 Å². The van der Waals surface area contributed by atoms with Crippen LogP contribution >= 0.6 is 11.6 Å². The Morgan fingerprint density at radius 1 is 1.14 bits per heavy atom. The lowest BCUT2D eigenvalue weighted by atomic mass is 10.1. The molecule has 5 heteroatoms. The van der Waals surface area contributed by atoms with Gasteiger partial charge in [-0.3, -0.25) is 9.97 Å². The van der Waals surface area contributed by atoms with E-state index < -0.39 is 0 Å². The molecule has 0 atom stereocenters. The summed E-state index contributed by atoms with van der Waals surface area (Å²) in [5.74, 6) is 0.654. The number of hydrogen-bond acceptors (Lipinski definition) is 4. The quantitative estimate of drug-likeness (QED) is 0.681. The number of halogens is 1. The van der Waals surface area contributed by atoms with Crippen LogP contribution in [0.25, 0.3) is 11.3 Å². The summed E-state index contributed by atoms with van der Waals surface area (Å²) in [6.45, 7) is 2.33. The van der Waals surface area contributed by atoms with E-state index >= 15 is 0 Å². The van der Waals surface area contributed by atoms with Crippen LogP contribution in [0.4, 0.5) is 0 Å². The van der Waals surface area contributed by atoms with Crippen molar-refractivity contribution in [3.63, 3.8) is 0 Å². The highest BCUT2D eigenvalue weighted by Gasteiger charge is 2.14. The zero-order valence-corrected chi connectivity index (χ0v) is 12.8. The van der Waals surface area contributed by atoms with Crippen LogP contribution in [0.15, 0.2) is 55.0 Å². The molecule has 0 bridgehead atoms. The van der Waals surface area contributed by atoms with Gasteiger partial charge in [0.1, 0.15) is 17.5 Å². The third-order valence-electron chi connectivity index (χ3n) is 3.19. The molecule has 0 aliphatic carbocycles. The van der Waals surface area contributed by atoms with Crippen LogP contribution in [0.2, 0.25) is 5.15 Å². The molecule has 0 unspecified atom stereocenters. The van der Waals surface area contributed by atoms with Crippen LogP contribution < -0.4 is 4.74 Å². The maximum atomic E-state index is 6.06. The molecule has 4 nitrogen and oxygen atoms in total. The minimum Gasteiger partial charge on any atom is -0.488 e. The van der Waals surface area contributed by atoms with Gasteiger partial charge in [-0.15, -0.1) is 0 Å². The zero-order chi connectivity index (χ0) is 15.4. The molecule has 0 aliphatic rings. The molecule has 0 saturated carbocycles. The smallest absolute Gasteiger partial charge is 0.134 e. The first-order valence-electron chi connectivity index (χ1n) is 6.84. The lowest BCUT2D eigenvalue weighted by molar-refractivity contribution is 0.307. The molecule has 1 aromatic carbocycles. The van der Waals surface area contributed by atoms with Crippen LogP contribution in [0.5, 0.6) is 5.75 Å². The number of rotatable bonds is 4. The van der Waals surface area contributed by atoms with Gasteiger partial charge in [0.25, 0.3) is 0 Å². The van der Waals surface area contributed by atoms with E-state index in [0.29, 0.717) is 23.2 Å². The molecule has 2 heterocycles. The summed E-state index contributed by atoms with van der Waals surface area (Å²) in [5, 5.41) is 0.396. The molecule has 0 fully saturated rings. The number of aromatic nitrogens is 3. The Hall–Kier alpha value is -2.46. The number of hydrogen-bond donors (Lipinski definition) is 0. The number of benzene rings is 1. The molecule has 0 N–H and O–H groups in total. The van der Waals surface area contributed by atoms with Crippen molar-refractivity contribution in [3.05, 3.63) is 71.4 Å². The molecular formula is C17H14ClN3O. The van der Waals surface area contributed by atoms with Crippen molar-refractivity contribution in [2.75, 3.05) is 0 Å². The maximum Gasteiger partial charge on any atom is 0.134 e. The molecule has 3 rings (SSSR count). The number of pyridine rings is 1. The molecule has 0 amide bonds. The summed E-state index contributed by atoms with van der Waals surface area (Å²) in [6, 6.07) is 11.7. The van der Waals surface area contributed by atoms with Gasteiger partial charge < -0.3 is 4.74 Å². The van der Waals surface area contributed by atoms with E-state index in [1.165, 1.54) is 0 Å².